The minimum atomic E-state index is -0.468. The third-order valence-electron chi connectivity index (χ3n) is 6.09. The number of para-hydroxylation sites is 1. The number of rotatable bonds is 5. The van der Waals surface area contributed by atoms with Gasteiger partial charge in [-0.3, -0.25) is 9.59 Å². The van der Waals surface area contributed by atoms with Crippen LogP contribution in [0.1, 0.15) is 17.7 Å². The number of aromatic nitrogens is 3. The molecule has 1 fully saturated rings. The normalized spacial score (nSPS) is 15.7. The molecule has 0 spiro atoms. The summed E-state index contributed by atoms with van der Waals surface area (Å²) in [6, 6.07) is 18.9. The van der Waals surface area contributed by atoms with Crippen LogP contribution in [0.2, 0.25) is 0 Å². The number of methoxy groups -OCH3 is 1. The molecule has 172 valence electrons. The lowest BCUT2D eigenvalue weighted by Crippen LogP contribution is -2.28. The maximum absolute atomic E-state index is 13.1. The molecule has 8 heteroatoms. The number of hydrogen-bond donors (Lipinski definition) is 1. The minimum Gasteiger partial charge on any atom is -0.497 e. The number of nitrogens with zero attached hydrogens (tertiary/aromatic N) is 4. The van der Waals surface area contributed by atoms with Gasteiger partial charge in [-0.1, -0.05) is 18.2 Å². The molecule has 0 aliphatic carbocycles. The summed E-state index contributed by atoms with van der Waals surface area (Å²) in [6.07, 6.45) is 0.151. The molecule has 1 saturated heterocycles. The highest BCUT2D eigenvalue weighted by molar-refractivity contribution is 6.03. The average molecular weight is 456 g/mol. The molecule has 1 atom stereocenters. The lowest BCUT2D eigenvalue weighted by Gasteiger charge is -2.17. The van der Waals surface area contributed by atoms with Crippen molar-refractivity contribution >= 4 is 34.2 Å². The third kappa shape index (κ3) is 3.98. The molecule has 0 radical (unpaired) electrons. The van der Waals surface area contributed by atoms with E-state index in [1.165, 1.54) is 0 Å². The largest absolute Gasteiger partial charge is 0.497 e. The Kier molecular flexibility index (Phi) is 5.49. The van der Waals surface area contributed by atoms with Crippen LogP contribution in [0.5, 0.6) is 5.75 Å². The molecule has 1 aliphatic heterocycles. The number of amides is 2. The van der Waals surface area contributed by atoms with Gasteiger partial charge in [0, 0.05) is 30.1 Å². The van der Waals surface area contributed by atoms with Crippen molar-refractivity contribution in [3.63, 3.8) is 0 Å². The zero-order chi connectivity index (χ0) is 23.8. The summed E-state index contributed by atoms with van der Waals surface area (Å²) < 4.78 is 6.83. The molecule has 5 rings (SSSR count). The van der Waals surface area contributed by atoms with Gasteiger partial charge in [0.05, 0.1) is 24.2 Å². The molecule has 34 heavy (non-hydrogen) atoms. The van der Waals surface area contributed by atoms with E-state index in [2.05, 4.69) is 10.4 Å². The Bertz CT molecular complexity index is 1390. The van der Waals surface area contributed by atoms with E-state index in [0.717, 1.165) is 27.8 Å². The summed E-state index contributed by atoms with van der Waals surface area (Å²) in [5.41, 5.74) is 3.44. The van der Waals surface area contributed by atoms with Crippen LogP contribution in [-0.4, -0.2) is 40.2 Å². The highest BCUT2D eigenvalue weighted by Crippen LogP contribution is 2.28. The van der Waals surface area contributed by atoms with Crippen LogP contribution in [0.4, 0.5) is 11.5 Å². The zero-order valence-corrected chi connectivity index (χ0v) is 19.3. The van der Waals surface area contributed by atoms with Gasteiger partial charge in [-0.15, -0.1) is 0 Å². The number of pyridine rings is 1. The quantitative estimate of drug-likeness (QED) is 0.491. The monoisotopic (exact) mass is 455 g/mol. The van der Waals surface area contributed by atoms with Gasteiger partial charge in [0.2, 0.25) is 11.8 Å². The maximum Gasteiger partial charge on any atom is 0.230 e. The lowest BCUT2D eigenvalue weighted by atomic mass is 10.1. The fraction of sp³-hybridized carbons (Fsp3) is 0.231. The molecule has 8 nitrogen and oxygen atoms in total. The Labute approximate surface area is 197 Å². The number of aryl methyl sites for hydroxylation is 2. The summed E-state index contributed by atoms with van der Waals surface area (Å²) in [5.74, 6) is 1.10. The van der Waals surface area contributed by atoms with E-state index in [-0.39, 0.29) is 18.2 Å². The van der Waals surface area contributed by atoms with Gasteiger partial charge in [0.15, 0.2) is 5.82 Å². The first-order valence-corrected chi connectivity index (χ1v) is 11.1. The number of fused-ring (bicyclic) bond motifs is 1. The second-order valence-electron chi connectivity index (χ2n) is 8.49. The Hall–Kier alpha value is -4.20. The van der Waals surface area contributed by atoms with Gasteiger partial charge in [0.25, 0.3) is 0 Å². The summed E-state index contributed by atoms with van der Waals surface area (Å²) in [5, 5.41) is 8.60. The third-order valence-corrected chi connectivity index (χ3v) is 6.09. The van der Waals surface area contributed by atoms with Crippen LogP contribution >= 0.6 is 0 Å². The van der Waals surface area contributed by atoms with Gasteiger partial charge in [-0.05, 0) is 55.8 Å². The van der Waals surface area contributed by atoms with Crippen LogP contribution in [0.15, 0.2) is 60.7 Å². The van der Waals surface area contributed by atoms with Crippen molar-refractivity contribution in [2.75, 3.05) is 23.9 Å². The smallest absolute Gasteiger partial charge is 0.230 e. The second-order valence-corrected chi connectivity index (χ2v) is 8.49. The standard InChI is InChI=1S/C26H25N5O3/c1-16-12-23(27-22-7-5-4-6-21(16)22)31-24(13-17(2)29-31)28-26(33)18-14-25(32)30(15-18)19-8-10-20(34-3)11-9-19/h4-13,18H,14-15H2,1-3H3,(H,28,33). The lowest BCUT2D eigenvalue weighted by molar-refractivity contribution is -0.122. The highest BCUT2D eigenvalue weighted by Gasteiger charge is 2.35. The first-order valence-electron chi connectivity index (χ1n) is 11.1. The predicted molar refractivity (Wildman–Crippen MR) is 130 cm³/mol. The minimum absolute atomic E-state index is 0.0816. The fourth-order valence-electron chi connectivity index (χ4n) is 4.33. The van der Waals surface area contributed by atoms with E-state index in [1.54, 1.807) is 28.8 Å². The van der Waals surface area contributed by atoms with Gasteiger partial charge in [-0.25, -0.2) is 4.98 Å². The number of carbonyl (C=O) groups excluding carboxylic acids is 2. The Balaban J connectivity index is 1.37. The van der Waals surface area contributed by atoms with E-state index >= 15 is 0 Å². The molecule has 1 aliphatic rings. The van der Waals surface area contributed by atoms with Crippen molar-refractivity contribution in [3.8, 4) is 11.6 Å². The number of ether oxygens (including phenoxy) is 1. The van der Waals surface area contributed by atoms with Crippen molar-refractivity contribution in [1.29, 1.82) is 0 Å². The number of anilines is 2. The number of nitrogens with one attached hydrogen (secondary N) is 1. The molecular formula is C26H25N5O3. The van der Waals surface area contributed by atoms with E-state index in [0.29, 0.717) is 23.9 Å². The molecular weight excluding hydrogens is 430 g/mol. The fourth-order valence-corrected chi connectivity index (χ4v) is 4.33. The first-order chi connectivity index (χ1) is 16.4. The molecule has 2 amide bonds. The highest BCUT2D eigenvalue weighted by atomic mass is 16.5. The topological polar surface area (TPSA) is 89.3 Å². The molecule has 1 N–H and O–H groups in total. The Morgan fingerprint density at radius 3 is 2.62 bits per heavy atom. The van der Waals surface area contributed by atoms with Crippen LogP contribution in [-0.2, 0) is 9.59 Å². The molecule has 1 unspecified atom stereocenters. The number of carbonyl (C=O) groups is 2. The van der Waals surface area contributed by atoms with Gasteiger partial charge in [-0.2, -0.15) is 9.78 Å². The van der Waals surface area contributed by atoms with Crippen molar-refractivity contribution < 1.29 is 14.3 Å². The van der Waals surface area contributed by atoms with Crippen molar-refractivity contribution in [1.82, 2.24) is 14.8 Å². The molecule has 2 aromatic heterocycles. The van der Waals surface area contributed by atoms with Crippen LogP contribution in [0.25, 0.3) is 16.7 Å². The SMILES string of the molecule is COc1ccc(N2CC(C(=O)Nc3cc(C)nn3-c3cc(C)c4ccccc4n3)CC2=O)cc1. The van der Waals surface area contributed by atoms with Gasteiger partial charge in [0.1, 0.15) is 11.6 Å². The van der Waals surface area contributed by atoms with Gasteiger partial charge < -0.3 is 15.0 Å². The summed E-state index contributed by atoms with van der Waals surface area (Å²) in [6.45, 7) is 4.21. The van der Waals surface area contributed by atoms with Crippen molar-refractivity contribution in [2.24, 2.45) is 5.92 Å². The molecule has 4 aromatic rings. The average Bonchev–Trinajstić information content (AvgIpc) is 3.41. The Morgan fingerprint density at radius 2 is 1.85 bits per heavy atom. The first kappa shape index (κ1) is 21.6. The van der Waals surface area contributed by atoms with Crippen LogP contribution < -0.4 is 15.0 Å². The van der Waals surface area contributed by atoms with Crippen molar-refractivity contribution in [2.45, 2.75) is 20.3 Å². The summed E-state index contributed by atoms with van der Waals surface area (Å²) in [7, 11) is 1.59. The van der Waals surface area contributed by atoms with E-state index in [9.17, 15) is 9.59 Å². The molecule has 2 aromatic carbocycles. The maximum atomic E-state index is 13.1. The zero-order valence-electron chi connectivity index (χ0n) is 19.3. The van der Waals surface area contributed by atoms with Crippen LogP contribution in [0.3, 0.4) is 0 Å². The predicted octanol–water partition coefficient (Wildman–Crippen LogP) is 4.04. The van der Waals surface area contributed by atoms with Crippen LogP contribution in [0, 0.1) is 19.8 Å². The summed E-state index contributed by atoms with van der Waals surface area (Å²) in [4.78, 5) is 32.2. The van der Waals surface area contributed by atoms with E-state index < -0.39 is 5.92 Å². The van der Waals surface area contributed by atoms with E-state index in [1.807, 2.05) is 62.4 Å². The Morgan fingerprint density at radius 1 is 1.09 bits per heavy atom. The molecule has 3 heterocycles. The second kappa shape index (κ2) is 8.62. The van der Waals surface area contributed by atoms with Crippen molar-refractivity contribution in [3.05, 3.63) is 71.9 Å². The van der Waals surface area contributed by atoms with Gasteiger partial charge >= 0.3 is 0 Å². The van der Waals surface area contributed by atoms with E-state index in [4.69, 9.17) is 9.72 Å². The number of benzene rings is 2. The molecule has 0 bridgehead atoms. The number of hydrogen-bond acceptors (Lipinski definition) is 5. The molecule has 0 saturated carbocycles. The summed E-state index contributed by atoms with van der Waals surface area (Å²) >= 11 is 0.